The van der Waals surface area contributed by atoms with Gasteiger partial charge in [-0.05, 0) is 62.9 Å². The summed E-state index contributed by atoms with van der Waals surface area (Å²) in [5.41, 5.74) is 3.54. The zero-order valence-corrected chi connectivity index (χ0v) is 20.7. The van der Waals surface area contributed by atoms with E-state index in [0.29, 0.717) is 49.5 Å². The van der Waals surface area contributed by atoms with Crippen LogP contribution in [0.5, 0.6) is 5.75 Å². The maximum Gasteiger partial charge on any atom is 0.257 e. The first-order valence-corrected chi connectivity index (χ1v) is 12.5. The third-order valence-electron chi connectivity index (χ3n) is 6.61. The first kappa shape index (κ1) is 24.5. The SMILES string of the molecule is CCN1CCCCN(C(=O)c2ccc(C)cc2)[C@H](Cc2ccccc2)COc2ccccc2C1=O. The van der Waals surface area contributed by atoms with Crippen LogP contribution in [0.25, 0.3) is 0 Å². The summed E-state index contributed by atoms with van der Waals surface area (Å²) in [6.07, 6.45) is 2.32. The van der Waals surface area contributed by atoms with Crippen LogP contribution < -0.4 is 4.74 Å². The second kappa shape index (κ2) is 11.7. The lowest BCUT2D eigenvalue weighted by atomic mass is 10.0. The van der Waals surface area contributed by atoms with Crippen LogP contribution in [0.15, 0.2) is 78.9 Å². The zero-order valence-electron chi connectivity index (χ0n) is 20.7. The van der Waals surface area contributed by atoms with Crippen LogP contribution in [-0.4, -0.2) is 53.9 Å². The number of ether oxygens (including phenoxy) is 1. The number of benzene rings is 3. The van der Waals surface area contributed by atoms with E-state index < -0.39 is 0 Å². The minimum atomic E-state index is -0.170. The summed E-state index contributed by atoms with van der Waals surface area (Å²) in [7, 11) is 0. The first-order chi connectivity index (χ1) is 17.1. The zero-order chi connectivity index (χ0) is 24.6. The Hall–Kier alpha value is -3.60. The molecule has 5 nitrogen and oxygen atoms in total. The van der Waals surface area contributed by atoms with Crippen molar-refractivity contribution in [2.24, 2.45) is 0 Å². The van der Waals surface area contributed by atoms with Crippen molar-refractivity contribution in [1.29, 1.82) is 0 Å². The molecular weight excluding hydrogens is 436 g/mol. The summed E-state index contributed by atoms with van der Waals surface area (Å²) in [5, 5.41) is 0. The minimum absolute atomic E-state index is 0.00382. The van der Waals surface area contributed by atoms with E-state index in [1.165, 1.54) is 0 Å². The van der Waals surface area contributed by atoms with E-state index in [1.807, 2.05) is 90.4 Å². The van der Waals surface area contributed by atoms with E-state index in [4.69, 9.17) is 4.74 Å². The molecule has 35 heavy (non-hydrogen) atoms. The lowest BCUT2D eigenvalue weighted by Crippen LogP contribution is -2.46. The number of amides is 2. The van der Waals surface area contributed by atoms with E-state index in [0.717, 1.165) is 24.0 Å². The van der Waals surface area contributed by atoms with Crippen LogP contribution >= 0.6 is 0 Å². The van der Waals surface area contributed by atoms with Crippen molar-refractivity contribution in [2.75, 3.05) is 26.2 Å². The highest BCUT2D eigenvalue weighted by Gasteiger charge is 2.27. The van der Waals surface area contributed by atoms with Gasteiger partial charge < -0.3 is 14.5 Å². The molecule has 0 saturated heterocycles. The highest BCUT2D eigenvalue weighted by Crippen LogP contribution is 2.23. The minimum Gasteiger partial charge on any atom is -0.491 e. The average Bonchev–Trinajstić information content (AvgIpc) is 2.89. The van der Waals surface area contributed by atoms with Gasteiger partial charge in [-0.25, -0.2) is 0 Å². The average molecular weight is 471 g/mol. The third kappa shape index (κ3) is 6.10. The van der Waals surface area contributed by atoms with Crippen LogP contribution in [0, 0.1) is 6.92 Å². The van der Waals surface area contributed by atoms with Crippen LogP contribution in [0.1, 0.15) is 51.6 Å². The first-order valence-electron chi connectivity index (χ1n) is 12.5. The fraction of sp³-hybridized carbons (Fsp3) is 0.333. The summed E-state index contributed by atoms with van der Waals surface area (Å²) in [5.74, 6) is 0.580. The number of aryl methyl sites for hydroxylation is 1. The molecule has 1 aliphatic rings. The molecule has 0 saturated carbocycles. The molecule has 0 unspecified atom stereocenters. The molecule has 1 aliphatic heterocycles. The molecule has 0 aliphatic carbocycles. The molecule has 1 atom stereocenters. The van der Waals surface area contributed by atoms with E-state index in [9.17, 15) is 9.59 Å². The molecule has 0 radical (unpaired) electrons. The Bertz CT molecular complexity index is 1130. The predicted molar refractivity (Wildman–Crippen MR) is 139 cm³/mol. The van der Waals surface area contributed by atoms with Gasteiger partial charge in [0.15, 0.2) is 0 Å². The number of nitrogens with zero attached hydrogens (tertiary/aromatic N) is 2. The lowest BCUT2D eigenvalue weighted by molar-refractivity contribution is 0.0586. The molecule has 0 aromatic heterocycles. The Morgan fingerprint density at radius 1 is 0.914 bits per heavy atom. The Balaban J connectivity index is 1.69. The molecule has 1 heterocycles. The molecule has 3 aromatic carbocycles. The van der Waals surface area contributed by atoms with Gasteiger partial charge >= 0.3 is 0 Å². The molecule has 0 spiro atoms. The molecule has 0 N–H and O–H groups in total. The van der Waals surface area contributed by atoms with Gasteiger partial charge in [0.25, 0.3) is 11.8 Å². The van der Waals surface area contributed by atoms with Gasteiger partial charge in [-0.15, -0.1) is 0 Å². The monoisotopic (exact) mass is 470 g/mol. The summed E-state index contributed by atoms with van der Waals surface area (Å²) in [6, 6.07) is 25.2. The second-order valence-corrected chi connectivity index (χ2v) is 9.11. The molecule has 3 aromatic rings. The van der Waals surface area contributed by atoms with Gasteiger partial charge in [0, 0.05) is 25.2 Å². The fourth-order valence-corrected chi connectivity index (χ4v) is 4.57. The number of fused-ring (bicyclic) bond motifs is 1. The van der Waals surface area contributed by atoms with Crippen molar-refractivity contribution in [3.8, 4) is 5.75 Å². The quantitative estimate of drug-likeness (QED) is 0.514. The molecule has 4 rings (SSSR count). The summed E-state index contributed by atoms with van der Waals surface area (Å²) >= 11 is 0. The smallest absolute Gasteiger partial charge is 0.257 e. The third-order valence-corrected chi connectivity index (χ3v) is 6.61. The normalized spacial score (nSPS) is 17.1. The van der Waals surface area contributed by atoms with Crippen molar-refractivity contribution in [2.45, 2.75) is 39.2 Å². The van der Waals surface area contributed by atoms with Gasteiger partial charge in [0.05, 0.1) is 11.6 Å². The number of hydrogen-bond acceptors (Lipinski definition) is 3. The van der Waals surface area contributed by atoms with Gasteiger partial charge in [0.2, 0.25) is 0 Å². The molecule has 182 valence electrons. The van der Waals surface area contributed by atoms with Gasteiger partial charge in [0.1, 0.15) is 12.4 Å². The van der Waals surface area contributed by atoms with E-state index in [-0.39, 0.29) is 17.9 Å². The fourth-order valence-electron chi connectivity index (χ4n) is 4.57. The number of rotatable bonds is 4. The highest BCUT2D eigenvalue weighted by atomic mass is 16.5. The van der Waals surface area contributed by atoms with E-state index in [1.54, 1.807) is 0 Å². The Kier molecular flexibility index (Phi) is 8.19. The highest BCUT2D eigenvalue weighted by molar-refractivity contribution is 5.97. The van der Waals surface area contributed by atoms with Crippen molar-refractivity contribution in [3.63, 3.8) is 0 Å². The van der Waals surface area contributed by atoms with E-state index in [2.05, 4.69) is 12.1 Å². The maximum atomic E-state index is 13.8. The lowest BCUT2D eigenvalue weighted by Gasteiger charge is -2.33. The summed E-state index contributed by atoms with van der Waals surface area (Å²) < 4.78 is 6.30. The molecule has 0 bridgehead atoms. The Labute approximate surface area is 208 Å². The topological polar surface area (TPSA) is 49.9 Å². The molecule has 5 heteroatoms. The van der Waals surface area contributed by atoms with Crippen molar-refractivity contribution >= 4 is 11.8 Å². The standard InChI is InChI=1S/C30H34N2O3/c1-3-31-19-9-10-20-32(29(33)25-17-15-23(2)16-18-25)26(21-24-11-5-4-6-12-24)22-35-28-14-8-7-13-27(28)30(31)34/h4-8,11-18,26H,3,9-10,19-22H2,1-2H3/t26-/m1/s1. The number of carbonyl (C=O) groups excluding carboxylic acids is 2. The Morgan fingerprint density at radius 3 is 2.34 bits per heavy atom. The molecule has 0 fully saturated rings. The van der Waals surface area contributed by atoms with E-state index >= 15 is 0 Å². The van der Waals surface area contributed by atoms with Crippen molar-refractivity contribution in [1.82, 2.24) is 9.80 Å². The number of para-hydroxylation sites is 1. The van der Waals surface area contributed by atoms with Gasteiger partial charge in [-0.1, -0.05) is 60.2 Å². The molecule has 2 amide bonds. The Morgan fingerprint density at radius 2 is 1.60 bits per heavy atom. The predicted octanol–water partition coefficient (Wildman–Crippen LogP) is 5.38. The van der Waals surface area contributed by atoms with Gasteiger partial charge in [-0.3, -0.25) is 9.59 Å². The second-order valence-electron chi connectivity index (χ2n) is 9.11. The van der Waals surface area contributed by atoms with Crippen LogP contribution in [0.2, 0.25) is 0 Å². The summed E-state index contributed by atoms with van der Waals surface area (Å²) in [4.78, 5) is 30.8. The van der Waals surface area contributed by atoms with Gasteiger partial charge in [-0.2, -0.15) is 0 Å². The van der Waals surface area contributed by atoms with Crippen LogP contribution in [-0.2, 0) is 6.42 Å². The summed E-state index contributed by atoms with van der Waals surface area (Å²) in [6.45, 7) is 6.23. The van der Waals surface area contributed by atoms with Crippen LogP contribution in [0.3, 0.4) is 0 Å². The molecular formula is C30H34N2O3. The van der Waals surface area contributed by atoms with Crippen LogP contribution in [0.4, 0.5) is 0 Å². The van der Waals surface area contributed by atoms with Crippen molar-refractivity contribution in [3.05, 3.63) is 101 Å². The van der Waals surface area contributed by atoms with Crippen molar-refractivity contribution < 1.29 is 14.3 Å². The number of carbonyl (C=O) groups is 2. The maximum absolute atomic E-state index is 13.8. The number of hydrogen-bond donors (Lipinski definition) is 0. The largest absolute Gasteiger partial charge is 0.491 e.